The summed E-state index contributed by atoms with van der Waals surface area (Å²) >= 11 is 0. The Bertz CT molecular complexity index is 2620. The van der Waals surface area contributed by atoms with Crippen LogP contribution in [0.3, 0.4) is 0 Å². The Morgan fingerprint density at radius 3 is 0.785 bits per heavy atom. The van der Waals surface area contributed by atoms with Gasteiger partial charge in [0.25, 0.3) is 0 Å². The van der Waals surface area contributed by atoms with Gasteiger partial charge in [-0.1, -0.05) is 313 Å². The normalized spacial score (nSPS) is 14.8. The fourth-order valence-electron chi connectivity index (χ4n) is 10.7. The number of aliphatic hydroxyl groups is 2. The second-order valence-corrected chi connectivity index (χ2v) is 30.1. The summed E-state index contributed by atoms with van der Waals surface area (Å²) in [5, 5.41) is 20.7. The highest BCUT2D eigenvalue weighted by atomic mass is 31.2. The summed E-state index contributed by atoms with van der Waals surface area (Å²) in [7, 11) is -9.82. The summed E-state index contributed by atoms with van der Waals surface area (Å²) in [4.78, 5) is 58.8. The molecule has 610 valence electrons. The van der Waals surface area contributed by atoms with Crippen molar-refractivity contribution in [2.24, 2.45) is 0 Å². The first-order valence-corrected chi connectivity index (χ1v) is 44.4. The van der Waals surface area contributed by atoms with Crippen molar-refractivity contribution in [1.82, 2.24) is 0 Å². The van der Waals surface area contributed by atoms with Crippen LogP contribution in [0.5, 0.6) is 0 Å². The third kappa shape index (κ3) is 81.7. The number of allylic oxidation sites excluding steroid dienone is 28. The third-order valence-electron chi connectivity index (χ3n) is 16.9. The Balaban J connectivity index is 4.58. The van der Waals surface area contributed by atoms with Gasteiger partial charge in [-0.2, -0.15) is 0 Å². The largest absolute Gasteiger partial charge is 0.472 e. The second kappa shape index (κ2) is 80.4. The number of esters is 3. The zero-order valence-corrected chi connectivity index (χ0v) is 68.5. The number of unbranched alkanes of at least 4 members (excludes halogenated alkanes) is 26. The molecule has 0 aliphatic carbocycles. The van der Waals surface area contributed by atoms with E-state index in [4.69, 9.17) is 32.3 Å². The van der Waals surface area contributed by atoms with Gasteiger partial charge in [-0.15, -0.1) is 0 Å². The van der Waals surface area contributed by atoms with Crippen molar-refractivity contribution < 1.29 is 75.8 Å². The lowest BCUT2D eigenvalue weighted by Gasteiger charge is -2.21. The molecular weight excluding hydrogens is 1390 g/mol. The minimum Gasteiger partial charge on any atom is -0.463 e. The summed E-state index contributed by atoms with van der Waals surface area (Å²) < 4.78 is 61.2. The molecule has 16 nitrogen and oxygen atoms in total. The molecule has 0 heterocycles. The van der Waals surface area contributed by atoms with Gasteiger partial charge >= 0.3 is 33.6 Å². The molecule has 5 unspecified atom stereocenters. The molecular formula is C89H148O16P2. The summed E-state index contributed by atoms with van der Waals surface area (Å²) in [5.74, 6) is -1.62. The zero-order chi connectivity index (χ0) is 78.0. The first kappa shape index (κ1) is 102. The lowest BCUT2D eigenvalue weighted by atomic mass is 10.0. The van der Waals surface area contributed by atoms with Crippen LogP contribution >= 0.6 is 15.6 Å². The predicted octanol–water partition coefficient (Wildman–Crippen LogP) is 24.8. The van der Waals surface area contributed by atoms with E-state index >= 15 is 0 Å². The quantitative estimate of drug-likeness (QED) is 0.0146. The van der Waals surface area contributed by atoms with E-state index in [2.05, 4.69) is 191 Å². The van der Waals surface area contributed by atoms with Gasteiger partial charge in [0.2, 0.25) is 0 Å². The second-order valence-electron chi connectivity index (χ2n) is 27.2. The molecule has 0 rings (SSSR count). The zero-order valence-electron chi connectivity index (χ0n) is 66.7. The van der Waals surface area contributed by atoms with E-state index < -0.39 is 91.5 Å². The maximum atomic E-state index is 13.0. The number of phosphoric acid groups is 2. The summed E-state index contributed by atoms with van der Waals surface area (Å²) in [6, 6.07) is 0. The van der Waals surface area contributed by atoms with Gasteiger partial charge in [0.1, 0.15) is 25.4 Å². The minimum atomic E-state index is -4.95. The molecule has 0 amide bonds. The van der Waals surface area contributed by atoms with Crippen LogP contribution in [0.2, 0.25) is 0 Å². The van der Waals surface area contributed by atoms with Crippen molar-refractivity contribution in [2.75, 3.05) is 39.6 Å². The molecule has 0 spiro atoms. The van der Waals surface area contributed by atoms with Gasteiger partial charge in [0.15, 0.2) is 6.10 Å². The smallest absolute Gasteiger partial charge is 0.463 e. The maximum absolute atomic E-state index is 13.0. The van der Waals surface area contributed by atoms with E-state index in [1.807, 2.05) is 0 Å². The number of hydrogen-bond acceptors (Lipinski definition) is 14. The third-order valence-corrected chi connectivity index (χ3v) is 18.8. The van der Waals surface area contributed by atoms with Crippen molar-refractivity contribution in [3.63, 3.8) is 0 Å². The fourth-order valence-corrected chi connectivity index (χ4v) is 12.3. The number of hydrogen-bond donors (Lipinski definition) is 4. The summed E-state index contributed by atoms with van der Waals surface area (Å²) in [6.45, 7) is 2.38. The molecule has 0 aromatic carbocycles. The van der Waals surface area contributed by atoms with E-state index in [1.54, 1.807) is 0 Å². The Kier molecular flexibility index (Phi) is 76.6. The van der Waals surface area contributed by atoms with E-state index in [0.717, 1.165) is 180 Å². The SMILES string of the molecule is CC/C=C\C/C=C\C/C=C\C/C=C\C/C=C\C/C=C\CCCCCCCCCCCCCCC(=O)OCC(O)COP(=O)(O)OCC(O)COP(=O)(O)OCC(COC(=O)CCCCCCCCC/C=C\C/C=C\C/C=C\C/C=C\CCCCC)OC(=O)CCCCCC/C=C\C/C=C\C/C=C\C/C=C\CC. The molecule has 0 radical (unpaired) electrons. The lowest BCUT2D eigenvalue weighted by molar-refractivity contribution is -0.161. The molecule has 107 heavy (non-hydrogen) atoms. The minimum absolute atomic E-state index is 0.0689. The number of ether oxygens (including phenoxy) is 3. The molecule has 18 heteroatoms. The number of carbonyl (C=O) groups excluding carboxylic acids is 3. The highest BCUT2D eigenvalue weighted by Crippen LogP contribution is 2.45. The van der Waals surface area contributed by atoms with Gasteiger partial charge in [-0.05, 0) is 154 Å². The van der Waals surface area contributed by atoms with Crippen LogP contribution in [0.1, 0.15) is 316 Å². The van der Waals surface area contributed by atoms with Crippen LogP contribution in [0, 0.1) is 0 Å². The number of phosphoric ester groups is 2. The van der Waals surface area contributed by atoms with Crippen LogP contribution in [-0.4, -0.2) is 95.9 Å². The molecule has 0 aromatic rings. The highest BCUT2D eigenvalue weighted by Gasteiger charge is 2.29. The number of carbonyl (C=O) groups is 3. The Morgan fingerprint density at radius 2 is 0.495 bits per heavy atom. The van der Waals surface area contributed by atoms with Gasteiger partial charge < -0.3 is 34.2 Å². The predicted molar refractivity (Wildman–Crippen MR) is 445 cm³/mol. The molecule has 0 aromatic heterocycles. The van der Waals surface area contributed by atoms with E-state index in [1.165, 1.54) is 77.0 Å². The molecule has 0 saturated heterocycles. The molecule has 0 saturated carbocycles. The van der Waals surface area contributed by atoms with Gasteiger partial charge in [0.05, 0.1) is 26.4 Å². The first-order chi connectivity index (χ1) is 52.2. The Hall–Kier alpha value is -5.09. The van der Waals surface area contributed by atoms with Crippen molar-refractivity contribution in [1.29, 1.82) is 0 Å². The molecule has 0 aliphatic rings. The van der Waals surface area contributed by atoms with Crippen molar-refractivity contribution in [3.8, 4) is 0 Å². The van der Waals surface area contributed by atoms with E-state index in [9.17, 15) is 43.5 Å². The van der Waals surface area contributed by atoms with Gasteiger partial charge in [0, 0.05) is 19.3 Å². The van der Waals surface area contributed by atoms with Crippen LogP contribution in [0.4, 0.5) is 0 Å². The first-order valence-electron chi connectivity index (χ1n) is 41.4. The summed E-state index contributed by atoms with van der Waals surface area (Å²) in [6.07, 6.45) is 103. The Labute approximate surface area is 650 Å². The van der Waals surface area contributed by atoms with E-state index in [-0.39, 0.29) is 19.3 Å². The topological polar surface area (TPSA) is 231 Å². The van der Waals surface area contributed by atoms with Crippen molar-refractivity contribution in [3.05, 3.63) is 170 Å². The van der Waals surface area contributed by atoms with Crippen molar-refractivity contribution >= 4 is 33.6 Å². The average molecular weight is 1540 g/mol. The highest BCUT2D eigenvalue weighted by molar-refractivity contribution is 7.47. The lowest BCUT2D eigenvalue weighted by Crippen LogP contribution is -2.30. The van der Waals surface area contributed by atoms with Gasteiger partial charge in [-0.25, -0.2) is 9.13 Å². The standard InChI is InChI=1S/C89H148O16P2/c1-4-7-10-13-16-19-22-25-28-31-33-35-37-38-39-40-41-42-43-44-46-48-49-52-54-57-60-63-66-69-72-75-87(92)99-78-84(90)79-101-106(95,96)102-80-85(91)81-103-107(97,98)104-83-86(105-89(94)77-74-71-68-65-62-59-56-51-30-27-24-21-18-15-12-9-6-3)82-100-88(93)76-73-70-67-64-61-58-55-53-50-47-45-36-34-32-29-26-23-20-17-14-11-8-5-2/h7,9-10,12,16-21,25-30,33-36,38-39,41-42,47,50,56,59,84-86,90-91H,4-6,8,11,13-15,22-24,31-32,37,40,43-46,48-49,51-55,57-58,60-83H2,1-3H3,(H,95,96)(H,97,98)/b10-7-,12-9-,19-16-,20-17-,21-18-,28-25-,29-26-,30-27-,35-33-,36-34-,39-38-,42-41-,50-47-,59-56-. The number of rotatable bonds is 77. The van der Waals surface area contributed by atoms with E-state index in [0.29, 0.717) is 19.3 Å². The Morgan fingerprint density at radius 1 is 0.271 bits per heavy atom. The number of aliphatic hydroxyl groups excluding tert-OH is 2. The van der Waals surface area contributed by atoms with Crippen LogP contribution in [0.15, 0.2) is 170 Å². The molecule has 5 atom stereocenters. The van der Waals surface area contributed by atoms with Gasteiger partial charge in [-0.3, -0.25) is 32.5 Å². The van der Waals surface area contributed by atoms with Crippen LogP contribution in [0.25, 0.3) is 0 Å². The molecule has 4 N–H and O–H groups in total. The van der Waals surface area contributed by atoms with Crippen LogP contribution in [-0.2, 0) is 55.8 Å². The molecule has 0 aliphatic heterocycles. The summed E-state index contributed by atoms with van der Waals surface area (Å²) in [5.41, 5.74) is 0. The maximum Gasteiger partial charge on any atom is 0.472 e. The monoisotopic (exact) mass is 1540 g/mol. The average Bonchev–Trinajstić information content (AvgIpc) is 0.909. The molecule has 0 fully saturated rings. The van der Waals surface area contributed by atoms with Crippen molar-refractivity contribution in [2.45, 2.75) is 334 Å². The molecule has 0 bridgehead atoms. The van der Waals surface area contributed by atoms with Crippen LogP contribution < -0.4 is 0 Å². The fraction of sp³-hybridized carbons (Fsp3) is 0.652.